The molecular formula is C14H21BrN2O. The summed E-state index contributed by atoms with van der Waals surface area (Å²) in [4.78, 5) is 2.44. The molecule has 3 N–H and O–H groups in total. The van der Waals surface area contributed by atoms with E-state index in [1.807, 2.05) is 12.1 Å². The van der Waals surface area contributed by atoms with Gasteiger partial charge in [0.1, 0.15) is 5.75 Å². The van der Waals surface area contributed by atoms with Crippen LogP contribution in [0.15, 0.2) is 22.7 Å². The summed E-state index contributed by atoms with van der Waals surface area (Å²) in [6.45, 7) is 5.05. The fourth-order valence-corrected chi connectivity index (χ4v) is 3.18. The molecule has 0 bridgehead atoms. The highest BCUT2D eigenvalue weighted by Gasteiger charge is 2.28. The Kier molecular flexibility index (Phi) is 4.65. The van der Waals surface area contributed by atoms with Crippen LogP contribution in [0.5, 0.6) is 5.75 Å². The average Bonchev–Trinajstić information content (AvgIpc) is 2.83. The number of benzene rings is 1. The Bertz CT molecular complexity index is 411. The standard InChI is InChI=1S/C14H21BrN2O/c1-2-13(17-6-5-10(8-16)9-17)12-7-11(15)3-4-14(12)18/h3-4,7,10,13,18H,2,5-6,8-9,16H2,1H3. The number of phenolic OH excluding ortho intramolecular Hbond substituents is 1. The van der Waals surface area contributed by atoms with Gasteiger partial charge in [-0.1, -0.05) is 22.9 Å². The molecule has 1 aliphatic heterocycles. The van der Waals surface area contributed by atoms with Crippen LogP contribution in [0, 0.1) is 5.92 Å². The van der Waals surface area contributed by atoms with Gasteiger partial charge in [0.25, 0.3) is 0 Å². The molecule has 3 nitrogen and oxygen atoms in total. The number of likely N-dealkylation sites (tertiary alicyclic amines) is 1. The largest absolute Gasteiger partial charge is 0.508 e. The SMILES string of the molecule is CCC(c1cc(Br)ccc1O)N1CCC(CN)C1. The van der Waals surface area contributed by atoms with Gasteiger partial charge in [-0.15, -0.1) is 0 Å². The van der Waals surface area contributed by atoms with Crippen molar-refractivity contribution in [2.24, 2.45) is 11.7 Å². The molecule has 1 saturated heterocycles. The predicted molar refractivity (Wildman–Crippen MR) is 77.6 cm³/mol. The van der Waals surface area contributed by atoms with Crippen LogP contribution < -0.4 is 5.73 Å². The van der Waals surface area contributed by atoms with Crippen molar-refractivity contribution in [1.82, 2.24) is 4.90 Å². The molecule has 0 aliphatic carbocycles. The van der Waals surface area contributed by atoms with Gasteiger partial charge < -0.3 is 10.8 Å². The lowest BCUT2D eigenvalue weighted by atomic mass is 10.0. The minimum atomic E-state index is 0.291. The van der Waals surface area contributed by atoms with Gasteiger partial charge in [-0.3, -0.25) is 4.90 Å². The average molecular weight is 313 g/mol. The summed E-state index contributed by atoms with van der Waals surface area (Å²) >= 11 is 3.48. The quantitative estimate of drug-likeness (QED) is 0.898. The summed E-state index contributed by atoms with van der Waals surface area (Å²) in [6.07, 6.45) is 2.17. The van der Waals surface area contributed by atoms with E-state index in [0.717, 1.165) is 36.1 Å². The number of rotatable bonds is 4. The Morgan fingerprint density at radius 3 is 2.94 bits per heavy atom. The van der Waals surface area contributed by atoms with E-state index >= 15 is 0 Å². The molecule has 1 aromatic carbocycles. The van der Waals surface area contributed by atoms with Gasteiger partial charge in [0, 0.05) is 22.6 Å². The van der Waals surface area contributed by atoms with Gasteiger partial charge >= 0.3 is 0 Å². The van der Waals surface area contributed by atoms with Gasteiger partial charge in [-0.2, -0.15) is 0 Å². The molecule has 1 heterocycles. The molecule has 100 valence electrons. The van der Waals surface area contributed by atoms with E-state index in [1.54, 1.807) is 6.07 Å². The van der Waals surface area contributed by atoms with Crippen LogP contribution >= 0.6 is 15.9 Å². The molecule has 2 rings (SSSR count). The first kappa shape index (κ1) is 13.8. The molecule has 2 unspecified atom stereocenters. The van der Waals surface area contributed by atoms with Crippen LogP contribution in [0.3, 0.4) is 0 Å². The van der Waals surface area contributed by atoms with Crippen LogP contribution in [-0.2, 0) is 0 Å². The minimum absolute atomic E-state index is 0.291. The monoisotopic (exact) mass is 312 g/mol. The van der Waals surface area contributed by atoms with Crippen LogP contribution in [-0.4, -0.2) is 29.6 Å². The zero-order chi connectivity index (χ0) is 13.1. The molecular weight excluding hydrogens is 292 g/mol. The Balaban J connectivity index is 2.20. The third kappa shape index (κ3) is 2.87. The second-order valence-electron chi connectivity index (χ2n) is 5.01. The second-order valence-corrected chi connectivity index (χ2v) is 5.93. The number of aromatic hydroxyl groups is 1. The van der Waals surface area contributed by atoms with E-state index in [-0.39, 0.29) is 0 Å². The first-order valence-corrected chi connectivity index (χ1v) is 7.37. The van der Waals surface area contributed by atoms with E-state index in [2.05, 4.69) is 27.8 Å². The number of nitrogens with zero attached hydrogens (tertiary/aromatic N) is 1. The lowest BCUT2D eigenvalue weighted by Gasteiger charge is -2.28. The van der Waals surface area contributed by atoms with Crippen molar-refractivity contribution in [3.63, 3.8) is 0 Å². The van der Waals surface area contributed by atoms with Crippen molar-refractivity contribution in [3.8, 4) is 5.75 Å². The van der Waals surface area contributed by atoms with Crippen LogP contribution in [0.25, 0.3) is 0 Å². The van der Waals surface area contributed by atoms with Gasteiger partial charge in [-0.05, 0) is 50.0 Å². The maximum Gasteiger partial charge on any atom is 0.120 e. The van der Waals surface area contributed by atoms with Crippen molar-refractivity contribution in [2.45, 2.75) is 25.8 Å². The third-order valence-electron chi connectivity index (χ3n) is 3.83. The summed E-state index contributed by atoms with van der Waals surface area (Å²) in [5, 5.41) is 10.0. The highest BCUT2D eigenvalue weighted by Crippen LogP contribution is 2.35. The molecule has 0 saturated carbocycles. The maximum atomic E-state index is 10.0. The third-order valence-corrected chi connectivity index (χ3v) is 4.32. The predicted octanol–water partition coefficient (Wildman–Crippen LogP) is 2.89. The molecule has 0 amide bonds. The van der Waals surface area contributed by atoms with E-state index < -0.39 is 0 Å². The Hall–Kier alpha value is -0.580. The Labute approximate surface area is 117 Å². The maximum absolute atomic E-state index is 10.0. The lowest BCUT2D eigenvalue weighted by molar-refractivity contribution is 0.226. The summed E-state index contributed by atoms with van der Waals surface area (Å²) in [5.74, 6) is 0.995. The topological polar surface area (TPSA) is 49.5 Å². The Morgan fingerprint density at radius 2 is 2.33 bits per heavy atom. The summed E-state index contributed by atoms with van der Waals surface area (Å²) in [7, 11) is 0. The van der Waals surface area contributed by atoms with Crippen molar-refractivity contribution >= 4 is 15.9 Å². The van der Waals surface area contributed by atoms with Crippen LogP contribution in [0.1, 0.15) is 31.4 Å². The van der Waals surface area contributed by atoms with E-state index in [9.17, 15) is 5.11 Å². The zero-order valence-corrected chi connectivity index (χ0v) is 12.4. The van der Waals surface area contributed by atoms with E-state index in [4.69, 9.17) is 5.73 Å². The van der Waals surface area contributed by atoms with Gasteiger partial charge in [0.15, 0.2) is 0 Å². The highest BCUT2D eigenvalue weighted by molar-refractivity contribution is 9.10. The first-order chi connectivity index (χ1) is 8.65. The van der Waals surface area contributed by atoms with Gasteiger partial charge in [-0.25, -0.2) is 0 Å². The second kappa shape index (κ2) is 6.04. The number of nitrogens with two attached hydrogens (primary N) is 1. The minimum Gasteiger partial charge on any atom is -0.508 e. The molecule has 1 aliphatic rings. The van der Waals surface area contributed by atoms with Crippen molar-refractivity contribution in [1.29, 1.82) is 0 Å². The van der Waals surface area contributed by atoms with Crippen molar-refractivity contribution in [3.05, 3.63) is 28.2 Å². The molecule has 4 heteroatoms. The molecule has 0 spiro atoms. The molecule has 1 aromatic rings. The summed E-state index contributed by atoms with van der Waals surface area (Å²) < 4.78 is 1.02. The fourth-order valence-electron chi connectivity index (χ4n) is 2.81. The first-order valence-electron chi connectivity index (χ1n) is 6.58. The summed E-state index contributed by atoms with van der Waals surface area (Å²) in [6, 6.07) is 5.95. The number of hydrogen-bond acceptors (Lipinski definition) is 3. The number of phenols is 1. The molecule has 18 heavy (non-hydrogen) atoms. The smallest absolute Gasteiger partial charge is 0.120 e. The molecule has 0 aromatic heterocycles. The Morgan fingerprint density at radius 1 is 1.56 bits per heavy atom. The van der Waals surface area contributed by atoms with Crippen LogP contribution in [0.2, 0.25) is 0 Å². The van der Waals surface area contributed by atoms with Crippen LogP contribution in [0.4, 0.5) is 0 Å². The highest BCUT2D eigenvalue weighted by atomic mass is 79.9. The fraction of sp³-hybridized carbons (Fsp3) is 0.571. The van der Waals surface area contributed by atoms with E-state index in [1.165, 1.54) is 6.42 Å². The van der Waals surface area contributed by atoms with Crippen molar-refractivity contribution < 1.29 is 5.11 Å². The zero-order valence-electron chi connectivity index (χ0n) is 10.8. The summed E-state index contributed by atoms with van der Waals surface area (Å²) in [5.41, 5.74) is 6.76. The molecule has 2 atom stereocenters. The molecule has 1 fully saturated rings. The number of halogens is 1. The van der Waals surface area contributed by atoms with Crippen molar-refractivity contribution in [2.75, 3.05) is 19.6 Å². The van der Waals surface area contributed by atoms with Gasteiger partial charge in [0.05, 0.1) is 0 Å². The normalized spacial score (nSPS) is 22.3. The lowest BCUT2D eigenvalue weighted by Crippen LogP contribution is -2.27. The van der Waals surface area contributed by atoms with Gasteiger partial charge in [0.2, 0.25) is 0 Å². The molecule has 0 radical (unpaired) electrons. The number of hydrogen-bond donors (Lipinski definition) is 2. The van der Waals surface area contributed by atoms with E-state index in [0.29, 0.717) is 17.7 Å².